The lowest BCUT2D eigenvalue weighted by molar-refractivity contribution is 0.0750. The van der Waals surface area contributed by atoms with E-state index in [1.165, 1.54) is 11.3 Å². The van der Waals surface area contributed by atoms with E-state index >= 15 is 0 Å². The zero-order chi connectivity index (χ0) is 20.2. The molecule has 1 amide bonds. The molecular weight excluding hydrogens is 408 g/mol. The number of carbonyl (C=O) groups is 1. The maximum Gasteiger partial charge on any atom is 0.264 e. The number of rotatable bonds is 4. The first-order chi connectivity index (χ1) is 14.1. The van der Waals surface area contributed by atoms with E-state index in [1.54, 1.807) is 18.2 Å². The van der Waals surface area contributed by atoms with Gasteiger partial charge in [0.05, 0.1) is 4.88 Å². The van der Waals surface area contributed by atoms with E-state index in [-0.39, 0.29) is 11.6 Å². The third-order valence-corrected chi connectivity index (χ3v) is 5.72. The van der Waals surface area contributed by atoms with Crippen LogP contribution in [0.1, 0.15) is 26.8 Å². The number of thiophene rings is 1. The molecule has 0 unspecified atom stereocenters. The first kappa shape index (κ1) is 19.2. The second-order valence-corrected chi connectivity index (χ2v) is 7.84. The SMILES string of the molecule is N#Cc1nc(C=Cc2ccc(Cl)cc2)oc1N1CCN(C(=O)c2cccs2)CC1. The average Bonchev–Trinajstić information content (AvgIpc) is 3.43. The van der Waals surface area contributed by atoms with E-state index in [0.717, 1.165) is 10.4 Å². The van der Waals surface area contributed by atoms with Crippen LogP contribution in [0.5, 0.6) is 0 Å². The van der Waals surface area contributed by atoms with Gasteiger partial charge in [-0.3, -0.25) is 4.79 Å². The number of amides is 1. The van der Waals surface area contributed by atoms with Gasteiger partial charge >= 0.3 is 0 Å². The number of anilines is 1. The lowest BCUT2D eigenvalue weighted by atomic mass is 10.2. The average molecular weight is 425 g/mol. The second-order valence-electron chi connectivity index (χ2n) is 6.46. The first-order valence-electron chi connectivity index (χ1n) is 9.06. The Balaban J connectivity index is 1.44. The van der Waals surface area contributed by atoms with Crippen molar-refractivity contribution in [1.29, 1.82) is 5.26 Å². The highest BCUT2D eigenvalue weighted by Gasteiger charge is 2.26. The van der Waals surface area contributed by atoms with Crippen molar-refractivity contribution < 1.29 is 9.21 Å². The normalized spacial score (nSPS) is 14.3. The molecule has 0 radical (unpaired) electrons. The van der Waals surface area contributed by atoms with E-state index in [2.05, 4.69) is 11.1 Å². The number of piperazine rings is 1. The van der Waals surface area contributed by atoms with Crippen molar-refractivity contribution in [2.24, 2.45) is 0 Å². The third-order valence-electron chi connectivity index (χ3n) is 4.61. The van der Waals surface area contributed by atoms with Gasteiger partial charge in [0, 0.05) is 37.3 Å². The Bertz CT molecular complexity index is 1060. The predicted octanol–water partition coefficient (Wildman–Crippen LogP) is 4.39. The van der Waals surface area contributed by atoms with Crippen LogP contribution in [0, 0.1) is 11.3 Å². The molecule has 1 fully saturated rings. The molecule has 0 spiro atoms. The summed E-state index contributed by atoms with van der Waals surface area (Å²) in [5, 5.41) is 12.0. The van der Waals surface area contributed by atoms with Crippen molar-refractivity contribution >= 4 is 46.9 Å². The van der Waals surface area contributed by atoms with Crippen molar-refractivity contribution in [2.75, 3.05) is 31.1 Å². The van der Waals surface area contributed by atoms with Crippen LogP contribution in [0.4, 0.5) is 5.88 Å². The van der Waals surface area contributed by atoms with Gasteiger partial charge in [-0.25, -0.2) is 0 Å². The van der Waals surface area contributed by atoms with Gasteiger partial charge in [0.2, 0.25) is 17.5 Å². The van der Waals surface area contributed by atoms with E-state index < -0.39 is 0 Å². The van der Waals surface area contributed by atoms with Crippen LogP contribution in [0.25, 0.3) is 12.2 Å². The Labute approximate surface area is 177 Å². The molecule has 8 heteroatoms. The van der Waals surface area contributed by atoms with Gasteiger partial charge in [-0.05, 0) is 35.2 Å². The molecular formula is C21H17ClN4O2S. The molecule has 0 bridgehead atoms. The summed E-state index contributed by atoms with van der Waals surface area (Å²) >= 11 is 7.34. The van der Waals surface area contributed by atoms with Gasteiger partial charge in [-0.1, -0.05) is 29.8 Å². The van der Waals surface area contributed by atoms with Crippen LogP contribution >= 0.6 is 22.9 Å². The maximum atomic E-state index is 12.5. The fraction of sp³-hybridized carbons (Fsp3) is 0.190. The molecule has 3 aromatic rings. The van der Waals surface area contributed by atoms with Crippen LogP contribution in [0.15, 0.2) is 46.2 Å². The number of nitriles is 1. The van der Waals surface area contributed by atoms with Crippen LogP contribution in [-0.2, 0) is 0 Å². The molecule has 29 heavy (non-hydrogen) atoms. The summed E-state index contributed by atoms with van der Waals surface area (Å²) in [5.74, 6) is 0.861. The minimum Gasteiger partial charge on any atom is -0.420 e. The highest BCUT2D eigenvalue weighted by Crippen LogP contribution is 2.25. The summed E-state index contributed by atoms with van der Waals surface area (Å²) in [5.41, 5.74) is 1.20. The van der Waals surface area contributed by atoms with Crippen molar-refractivity contribution in [2.45, 2.75) is 0 Å². The monoisotopic (exact) mass is 424 g/mol. The molecule has 3 heterocycles. The van der Waals surface area contributed by atoms with Gasteiger partial charge in [0.1, 0.15) is 6.07 Å². The van der Waals surface area contributed by atoms with Crippen molar-refractivity contribution in [1.82, 2.24) is 9.88 Å². The summed E-state index contributed by atoms with van der Waals surface area (Å²) < 4.78 is 5.84. The van der Waals surface area contributed by atoms with Gasteiger partial charge in [0.25, 0.3) is 5.91 Å². The van der Waals surface area contributed by atoms with Crippen LogP contribution in [0.3, 0.4) is 0 Å². The van der Waals surface area contributed by atoms with Crippen molar-refractivity contribution in [3.8, 4) is 6.07 Å². The summed E-state index contributed by atoms with van der Waals surface area (Å²) in [7, 11) is 0. The fourth-order valence-corrected chi connectivity index (χ4v) is 3.91. The number of hydrogen-bond acceptors (Lipinski definition) is 6. The zero-order valence-electron chi connectivity index (χ0n) is 15.4. The largest absolute Gasteiger partial charge is 0.420 e. The third kappa shape index (κ3) is 4.34. The molecule has 0 aliphatic carbocycles. The second kappa shape index (κ2) is 8.52. The molecule has 4 rings (SSSR count). The predicted molar refractivity (Wildman–Crippen MR) is 114 cm³/mol. The highest BCUT2D eigenvalue weighted by molar-refractivity contribution is 7.12. The van der Waals surface area contributed by atoms with Crippen LogP contribution < -0.4 is 4.90 Å². The summed E-state index contributed by atoms with van der Waals surface area (Å²) in [6.45, 7) is 2.30. The lowest BCUT2D eigenvalue weighted by Crippen LogP contribution is -2.48. The molecule has 6 nitrogen and oxygen atoms in total. The lowest BCUT2D eigenvalue weighted by Gasteiger charge is -2.34. The van der Waals surface area contributed by atoms with Gasteiger partial charge < -0.3 is 14.2 Å². The topological polar surface area (TPSA) is 73.4 Å². The van der Waals surface area contributed by atoms with Gasteiger partial charge in [0.15, 0.2) is 0 Å². The summed E-state index contributed by atoms with van der Waals surface area (Å²) in [6, 6.07) is 13.2. The number of halogens is 1. The van der Waals surface area contributed by atoms with Crippen LogP contribution in [0.2, 0.25) is 5.02 Å². The number of hydrogen-bond donors (Lipinski definition) is 0. The molecule has 1 saturated heterocycles. The molecule has 146 valence electrons. The van der Waals surface area contributed by atoms with Crippen LogP contribution in [-0.4, -0.2) is 42.0 Å². The van der Waals surface area contributed by atoms with Crippen molar-refractivity contribution in [3.63, 3.8) is 0 Å². The summed E-state index contributed by atoms with van der Waals surface area (Å²) in [4.78, 5) is 21.3. The number of nitrogens with zero attached hydrogens (tertiary/aromatic N) is 4. The van der Waals surface area contributed by atoms with E-state index in [0.29, 0.717) is 43.0 Å². The molecule has 1 aromatic carbocycles. The highest BCUT2D eigenvalue weighted by atomic mass is 35.5. The molecule has 1 aliphatic rings. The van der Waals surface area contributed by atoms with Gasteiger partial charge in [-0.15, -0.1) is 11.3 Å². The molecule has 0 N–H and O–H groups in total. The minimum absolute atomic E-state index is 0.0457. The van der Waals surface area contributed by atoms with Gasteiger partial charge in [-0.2, -0.15) is 10.2 Å². The first-order valence-corrected chi connectivity index (χ1v) is 10.3. The Morgan fingerprint density at radius 3 is 2.59 bits per heavy atom. The smallest absolute Gasteiger partial charge is 0.264 e. The maximum absolute atomic E-state index is 12.5. The Morgan fingerprint density at radius 1 is 1.17 bits per heavy atom. The Kier molecular flexibility index (Phi) is 5.65. The summed E-state index contributed by atoms with van der Waals surface area (Å²) in [6.07, 6.45) is 3.58. The Hall–Kier alpha value is -3.08. The standard InChI is InChI=1S/C21H17ClN4O2S/c22-16-6-3-15(4-7-16)5-8-19-24-17(14-23)21(28-19)26-11-9-25(10-12-26)20(27)18-2-1-13-29-18/h1-8,13H,9-12H2. The number of oxazole rings is 1. The minimum atomic E-state index is 0.0457. The molecule has 1 aliphatic heterocycles. The fourth-order valence-electron chi connectivity index (χ4n) is 3.10. The quantitative estimate of drug-likeness (QED) is 0.620. The van der Waals surface area contributed by atoms with E-state index in [4.69, 9.17) is 16.0 Å². The number of benzene rings is 1. The number of carbonyl (C=O) groups excluding carboxylic acids is 1. The van der Waals surface area contributed by atoms with E-state index in [9.17, 15) is 10.1 Å². The van der Waals surface area contributed by atoms with E-state index in [1.807, 2.05) is 45.5 Å². The Morgan fingerprint density at radius 2 is 1.93 bits per heavy atom. The molecule has 2 aromatic heterocycles. The molecule has 0 atom stereocenters. The zero-order valence-corrected chi connectivity index (χ0v) is 17.0. The van der Waals surface area contributed by atoms with Crippen molar-refractivity contribution in [3.05, 3.63) is 68.8 Å². The number of aromatic nitrogens is 1. The molecule has 0 saturated carbocycles.